The van der Waals surface area contributed by atoms with Crippen molar-refractivity contribution in [1.29, 1.82) is 0 Å². The molecule has 0 amide bonds. The van der Waals surface area contributed by atoms with E-state index in [1.165, 1.54) is 0 Å². The summed E-state index contributed by atoms with van der Waals surface area (Å²) in [6.45, 7) is 0.530. The topological polar surface area (TPSA) is 49.7 Å². The first-order chi connectivity index (χ1) is 14.6. The zero-order valence-electron chi connectivity index (χ0n) is 18.5. The maximum absolute atomic E-state index is 12.3. The van der Waals surface area contributed by atoms with Crippen LogP contribution in [0.1, 0.15) is 109 Å². The van der Waals surface area contributed by atoms with Crippen molar-refractivity contribution in [3.63, 3.8) is 0 Å². The standard InChI is InChI=1S/C27H38O3/c28-25(19-13-7-1-2-8-14-20-25)27(29)23-17-11-4-3-9-15-21-26(27)22-16-10-5-6-12-18-24-30-26/h28-29H,1-13,15,18-19,21,24H2. The molecule has 0 aromatic heterocycles. The van der Waals surface area contributed by atoms with Gasteiger partial charge < -0.3 is 14.9 Å². The van der Waals surface area contributed by atoms with Crippen molar-refractivity contribution in [2.45, 2.75) is 126 Å². The van der Waals surface area contributed by atoms with Crippen LogP contribution in [0.5, 0.6) is 0 Å². The van der Waals surface area contributed by atoms with Crippen molar-refractivity contribution in [2.75, 3.05) is 6.61 Å². The molecule has 30 heavy (non-hydrogen) atoms. The average Bonchev–Trinajstić information content (AvgIpc) is 2.86. The zero-order valence-corrected chi connectivity index (χ0v) is 18.5. The Morgan fingerprint density at radius 2 is 1.07 bits per heavy atom. The number of hydrogen-bond acceptors (Lipinski definition) is 3. The molecule has 3 rings (SSSR count). The Hall–Kier alpha value is -1.44. The summed E-state index contributed by atoms with van der Waals surface area (Å²) in [5.41, 5.74) is -4.66. The van der Waals surface area contributed by atoms with E-state index in [-0.39, 0.29) is 0 Å². The van der Waals surface area contributed by atoms with Gasteiger partial charge in [-0.1, -0.05) is 62.2 Å². The van der Waals surface area contributed by atoms with E-state index in [0.717, 1.165) is 96.3 Å². The van der Waals surface area contributed by atoms with Gasteiger partial charge >= 0.3 is 0 Å². The average molecular weight is 411 g/mol. The molecule has 0 saturated heterocycles. The molecule has 3 aliphatic rings. The lowest BCUT2D eigenvalue weighted by Gasteiger charge is -2.48. The maximum atomic E-state index is 12.3. The van der Waals surface area contributed by atoms with Crippen molar-refractivity contribution in [3.8, 4) is 35.5 Å². The molecule has 164 valence electrons. The zero-order chi connectivity index (χ0) is 21.2. The van der Waals surface area contributed by atoms with Crippen LogP contribution in [0.2, 0.25) is 0 Å². The quantitative estimate of drug-likeness (QED) is 0.605. The van der Waals surface area contributed by atoms with Crippen LogP contribution in [0.3, 0.4) is 0 Å². The Kier molecular flexibility index (Phi) is 8.72. The molecule has 3 atom stereocenters. The third-order valence-electron chi connectivity index (χ3n) is 6.75. The smallest absolute Gasteiger partial charge is 0.206 e. The molecule has 0 aromatic rings. The summed E-state index contributed by atoms with van der Waals surface area (Å²) in [7, 11) is 0. The number of rotatable bonds is 1. The largest absolute Gasteiger partial charge is 0.373 e. The SMILES string of the molecule is OC1(C2(O)C#CCCCCCCC23C#CCCCCCCO3)C#CCCCCCC1. The van der Waals surface area contributed by atoms with Gasteiger partial charge in [0, 0.05) is 25.9 Å². The first kappa shape index (κ1) is 23.2. The molecule has 3 heteroatoms. The maximum Gasteiger partial charge on any atom is 0.206 e. The minimum atomic E-state index is -1.82. The van der Waals surface area contributed by atoms with Crippen LogP contribution < -0.4 is 0 Å². The Balaban J connectivity index is 2.12. The number of hydrogen-bond donors (Lipinski definition) is 2. The predicted octanol–water partition coefficient (Wildman–Crippen LogP) is 4.89. The molecule has 3 unspecified atom stereocenters. The Bertz CT molecular complexity index is 733. The van der Waals surface area contributed by atoms with Gasteiger partial charge in [-0.3, -0.25) is 0 Å². The Labute approximate surface area is 183 Å². The molecule has 0 saturated carbocycles. The lowest BCUT2D eigenvalue weighted by Crippen LogP contribution is -2.67. The van der Waals surface area contributed by atoms with Crippen LogP contribution >= 0.6 is 0 Å². The summed E-state index contributed by atoms with van der Waals surface area (Å²) in [4.78, 5) is 0. The third-order valence-corrected chi connectivity index (χ3v) is 6.75. The highest BCUT2D eigenvalue weighted by Gasteiger charge is 2.61. The third kappa shape index (κ3) is 5.42. The van der Waals surface area contributed by atoms with Crippen LogP contribution in [0.25, 0.3) is 0 Å². The van der Waals surface area contributed by atoms with Crippen LogP contribution in [-0.4, -0.2) is 33.6 Å². The van der Waals surface area contributed by atoms with E-state index in [9.17, 15) is 10.2 Å². The van der Waals surface area contributed by atoms with Gasteiger partial charge in [-0.2, -0.15) is 0 Å². The fourth-order valence-electron chi connectivity index (χ4n) is 4.83. The summed E-state index contributed by atoms with van der Waals surface area (Å²) in [5.74, 6) is 19.1. The van der Waals surface area contributed by atoms with E-state index in [4.69, 9.17) is 4.74 Å². The van der Waals surface area contributed by atoms with E-state index in [2.05, 4.69) is 35.5 Å². The Morgan fingerprint density at radius 1 is 0.533 bits per heavy atom. The molecule has 0 aromatic carbocycles. The molecule has 2 N–H and O–H groups in total. The second-order valence-corrected chi connectivity index (χ2v) is 9.14. The van der Waals surface area contributed by atoms with Gasteiger partial charge in [-0.15, -0.1) is 11.8 Å². The van der Waals surface area contributed by atoms with Gasteiger partial charge in [0.2, 0.25) is 5.60 Å². The van der Waals surface area contributed by atoms with E-state index in [1.807, 2.05) is 0 Å². The molecule has 0 fully saturated rings. The Morgan fingerprint density at radius 3 is 1.77 bits per heavy atom. The molecular weight excluding hydrogens is 372 g/mol. The monoisotopic (exact) mass is 410 g/mol. The van der Waals surface area contributed by atoms with E-state index in [1.54, 1.807) is 0 Å². The molecular formula is C27H38O3. The first-order valence-electron chi connectivity index (χ1n) is 12.2. The highest BCUT2D eigenvalue weighted by atomic mass is 16.5. The van der Waals surface area contributed by atoms with E-state index >= 15 is 0 Å². The first-order valence-corrected chi connectivity index (χ1v) is 12.2. The molecule has 3 nitrogen and oxygen atoms in total. The second kappa shape index (κ2) is 11.3. The van der Waals surface area contributed by atoms with Crippen molar-refractivity contribution in [3.05, 3.63) is 0 Å². The van der Waals surface area contributed by atoms with Crippen LogP contribution in [0.15, 0.2) is 0 Å². The summed E-state index contributed by atoms with van der Waals surface area (Å²) in [5, 5.41) is 24.2. The molecule has 1 aliphatic heterocycles. The molecule has 1 heterocycles. The lowest BCUT2D eigenvalue weighted by molar-refractivity contribution is -0.197. The van der Waals surface area contributed by atoms with Crippen molar-refractivity contribution < 1.29 is 14.9 Å². The molecule has 0 radical (unpaired) electrons. The normalized spacial score (nSPS) is 36.2. The number of ether oxygens (including phenoxy) is 1. The minimum absolute atomic E-state index is 0.401. The fourth-order valence-corrected chi connectivity index (χ4v) is 4.83. The molecule has 1 spiro atoms. The van der Waals surface area contributed by atoms with Crippen LogP contribution in [-0.2, 0) is 4.74 Å². The van der Waals surface area contributed by atoms with Crippen LogP contribution in [0.4, 0.5) is 0 Å². The van der Waals surface area contributed by atoms with Gasteiger partial charge in [-0.05, 0) is 51.4 Å². The van der Waals surface area contributed by atoms with Crippen molar-refractivity contribution in [2.24, 2.45) is 0 Å². The highest BCUT2D eigenvalue weighted by Crippen LogP contribution is 2.43. The summed E-state index contributed by atoms with van der Waals surface area (Å²) >= 11 is 0. The summed E-state index contributed by atoms with van der Waals surface area (Å²) < 4.78 is 6.46. The number of aliphatic hydroxyl groups is 2. The molecule has 0 bridgehead atoms. The van der Waals surface area contributed by atoms with Crippen LogP contribution in [0, 0.1) is 35.5 Å². The minimum Gasteiger partial charge on any atom is -0.373 e. The van der Waals surface area contributed by atoms with E-state index in [0.29, 0.717) is 19.4 Å². The summed E-state index contributed by atoms with van der Waals surface area (Å²) in [6, 6.07) is 0. The van der Waals surface area contributed by atoms with Crippen molar-refractivity contribution >= 4 is 0 Å². The van der Waals surface area contributed by atoms with Gasteiger partial charge in [-0.25, -0.2) is 0 Å². The van der Waals surface area contributed by atoms with Crippen molar-refractivity contribution in [1.82, 2.24) is 0 Å². The van der Waals surface area contributed by atoms with Gasteiger partial charge in [0.25, 0.3) is 0 Å². The fraction of sp³-hybridized carbons (Fsp3) is 0.778. The lowest BCUT2D eigenvalue weighted by atomic mass is 9.67. The second-order valence-electron chi connectivity index (χ2n) is 9.14. The van der Waals surface area contributed by atoms with Gasteiger partial charge in [0.1, 0.15) is 0 Å². The predicted molar refractivity (Wildman–Crippen MR) is 120 cm³/mol. The van der Waals surface area contributed by atoms with Gasteiger partial charge in [0.05, 0.1) is 0 Å². The molecule has 2 aliphatic carbocycles. The highest BCUT2D eigenvalue weighted by molar-refractivity contribution is 5.42. The van der Waals surface area contributed by atoms with E-state index < -0.39 is 16.8 Å². The summed E-state index contributed by atoms with van der Waals surface area (Å²) in [6.07, 6.45) is 15.6. The van der Waals surface area contributed by atoms with Gasteiger partial charge in [0.15, 0.2) is 11.2 Å².